The van der Waals surface area contributed by atoms with Crippen molar-refractivity contribution in [2.24, 2.45) is 5.92 Å². The van der Waals surface area contributed by atoms with Crippen molar-refractivity contribution in [1.82, 2.24) is 25.4 Å². The maximum Gasteiger partial charge on any atom is 0.273 e. The number of amides is 1. The molecule has 4 heterocycles. The van der Waals surface area contributed by atoms with Gasteiger partial charge >= 0.3 is 0 Å². The normalized spacial score (nSPS) is 18.5. The molecule has 29 heavy (non-hydrogen) atoms. The second-order valence-corrected chi connectivity index (χ2v) is 7.72. The van der Waals surface area contributed by atoms with Gasteiger partial charge in [0.15, 0.2) is 5.69 Å². The van der Waals surface area contributed by atoms with E-state index in [4.69, 9.17) is 4.52 Å². The molecule has 1 aliphatic heterocycles. The number of aromatic nitrogens is 4. The predicted molar refractivity (Wildman–Crippen MR) is 99.8 cm³/mol. The van der Waals surface area contributed by atoms with E-state index in [1.54, 1.807) is 0 Å². The predicted octanol–water partition coefficient (Wildman–Crippen LogP) is 2.67. The van der Waals surface area contributed by atoms with E-state index in [0.717, 1.165) is 22.4 Å². The number of carbonyl (C=O) groups excluding carboxylic acids is 1. The molecule has 0 bridgehead atoms. The second kappa shape index (κ2) is 6.78. The van der Waals surface area contributed by atoms with Crippen LogP contribution in [0.4, 0.5) is 14.6 Å². The third-order valence-corrected chi connectivity index (χ3v) is 5.69. The Kier molecular flexibility index (Phi) is 4.21. The zero-order chi connectivity index (χ0) is 20.0. The highest BCUT2D eigenvalue weighted by Gasteiger charge is 2.44. The second-order valence-electron chi connectivity index (χ2n) is 7.72. The van der Waals surface area contributed by atoms with Crippen molar-refractivity contribution in [3.63, 3.8) is 0 Å². The van der Waals surface area contributed by atoms with Gasteiger partial charge in [-0.05, 0) is 18.4 Å². The van der Waals surface area contributed by atoms with Crippen LogP contribution in [0.15, 0.2) is 23.1 Å². The smallest absolute Gasteiger partial charge is 0.273 e. The van der Waals surface area contributed by atoms with Crippen molar-refractivity contribution in [3.05, 3.63) is 35.6 Å². The first kappa shape index (κ1) is 18.0. The summed E-state index contributed by atoms with van der Waals surface area (Å²) < 4.78 is 31.2. The summed E-state index contributed by atoms with van der Waals surface area (Å²) in [5, 5.41) is 7.66. The molecule has 0 aromatic carbocycles. The Morgan fingerprint density at radius 1 is 1.38 bits per heavy atom. The lowest BCUT2D eigenvalue weighted by atomic mass is 9.79. The van der Waals surface area contributed by atoms with Gasteiger partial charge in [0.1, 0.15) is 23.6 Å². The molecule has 0 atom stereocenters. The molecular weight excluding hydrogens is 382 g/mol. The lowest BCUT2D eigenvalue weighted by Crippen LogP contribution is -2.38. The average molecular weight is 402 g/mol. The molecule has 5 rings (SSSR count). The molecular formula is C19H20F2N6O2. The van der Waals surface area contributed by atoms with E-state index >= 15 is 0 Å². The largest absolute Gasteiger partial charge is 0.360 e. The summed E-state index contributed by atoms with van der Waals surface area (Å²) in [6.07, 6.45) is 4.29. The molecule has 1 fully saturated rings. The van der Waals surface area contributed by atoms with E-state index in [1.807, 2.05) is 12.3 Å². The van der Waals surface area contributed by atoms with Crippen LogP contribution in [0, 0.1) is 5.92 Å². The standard InChI is InChI=1S/C19H20F2N6O2/c20-19(21)7-11(8-19)1-4-23-18(28)15-13-9-27(6-3-14(13)29-26-15)17-12-2-5-22-16(12)24-10-25-17/h2,5,10-11H,1,3-4,6-9H2,(H,23,28)(H,22,24,25). The molecule has 0 saturated heterocycles. The molecule has 1 saturated carbocycles. The fourth-order valence-corrected chi connectivity index (χ4v) is 4.14. The summed E-state index contributed by atoms with van der Waals surface area (Å²) in [7, 11) is 0. The molecule has 0 radical (unpaired) electrons. The number of rotatable bonds is 5. The van der Waals surface area contributed by atoms with Crippen molar-refractivity contribution in [3.8, 4) is 0 Å². The van der Waals surface area contributed by atoms with Crippen LogP contribution in [0.2, 0.25) is 0 Å². The van der Waals surface area contributed by atoms with Crippen LogP contribution in [-0.2, 0) is 13.0 Å². The molecule has 152 valence electrons. The van der Waals surface area contributed by atoms with Crippen LogP contribution in [0.3, 0.4) is 0 Å². The average Bonchev–Trinajstić information content (AvgIpc) is 3.32. The van der Waals surface area contributed by atoms with Gasteiger partial charge in [0.25, 0.3) is 5.91 Å². The number of H-pyrrole nitrogens is 1. The molecule has 3 aromatic heterocycles. The Bertz CT molecular complexity index is 1050. The van der Waals surface area contributed by atoms with Crippen LogP contribution < -0.4 is 10.2 Å². The Labute approximate surface area is 164 Å². The topological polar surface area (TPSA) is 99.9 Å². The fourth-order valence-electron chi connectivity index (χ4n) is 4.14. The SMILES string of the molecule is O=C(NCCC1CC(F)(F)C1)c1noc2c1CN(c1ncnc3[nH]ccc13)CC2. The van der Waals surface area contributed by atoms with Crippen molar-refractivity contribution in [2.45, 2.75) is 38.2 Å². The Morgan fingerprint density at radius 2 is 2.24 bits per heavy atom. The molecule has 2 aliphatic rings. The summed E-state index contributed by atoms with van der Waals surface area (Å²) in [4.78, 5) is 26.3. The van der Waals surface area contributed by atoms with Gasteiger partial charge in [-0.25, -0.2) is 18.7 Å². The number of fused-ring (bicyclic) bond motifs is 2. The molecule has 1 amide bonds. The summed E-state index contributed by atoms with van der Waals surface area (Å²) in [6, 6.07) is 1.92. The molecule has 3 aromatic rings. The Balaban J connectivity index is 1.27. The van der Waals surface area contributed by atoms with Crippen LogP contribution in [0.1, 0.15) is 41.1 Å². The lowest BCUT2D eigenvalue weighted by Gasteiger charge is -2.34. The maximum atomic E-state index is 12.9. The number of anilines is 1. The molecule has 8 nitrogen and oxygen atoms in total. The zero-order valence-corrected chi connectivity index (χ0v) is 15.6. The van der Waals surface area contributed by atoms with Gasteiger partial charge < -0.3 is 19.7 Å². The first-order valence-electron chi connectivity index (χ1n) is 9.67. The van der Waals surface area contributed by atoms with E-state index in [2.05, 4.69) is 30.3 Å². The molecule has 0 spiro atoms. The Hall–Kier alpha value is -3.04. The van der Waals surface area contributed by atoms with Gasteiger partial charge in [0.2, 0.25) is 5.92 Å². The number of nitrogens with zero attached hydrogens (tertiary/aromatic N) is 4. The number of hydrogen-bond donors (Lipinski definition) is 2. The minimum absolute atomic E-state index is 0.0338. The zero-order valence-electron chi connectivity index (χ0n) is 15.6. The summed E-state index contributed by atoms with van der Waals surface area (Å²) in [6.45, 7) is 1.49. The van der Waals surface area contributed by atoms with E-state index in [-0.39, 0.29) is 30.4 Å². The number of aromatic amines is 1. The quantitative estimate of drug-likeness (QED) is 0.681. The van der Waals surface area contributed by atoms with Gasteiger partial charge in [-0.15, -0.1) is 0 Å². The molecule has 0 unspecified atom stereocenters. The summed E-state index contributed by atoms with van der Waals surface area (Å²) in [5.74, 6) is -1.41. The van der Waals surface area contributed by atoms with Gasteiger partial charge in [-0.1, -0.05) is 5.16 Å². The van der Waals surface area contributed by atoms with E-state index in [9.17, 15) is 13.6 Å². The molecule has 1 aliphatic carbocycles. The van der Waals surface area contributed by atoms with E-state index in [0.29, 0.717) is 38.2 Å². The summed E-state index contributed by atoms with van der Waals surface area (Å²) in [5.41, 5.74) is 1.75. The third kappa shape index (κ3) is 3.32. The number of alkyl halides is 2. The third-order valence-electron chi connectivity index (χ3n) is 5.69. The highest BCUT2D eigenvalue weighted by molar-refractivity contribution is 5.94. The van der Waals surface area contributed by atoms with Crippen molar-refractivity contribution >= 4 is 22.8 Å². The monoisotopic (exact) mass is 402 g/mol. The highest BCUT2D eigenvalue weighted by Crippen LogP contribution is 2.43. The first-order chi connectivity index (χ1) is 14.0. The maximum absolute atomic E-state index is 12.9. The van der Waals surface area contributed by atoms with E-state index in [1.165, 1.54) is 6.33 Å². The lowest BCUT2D eigenvalue weighted by molar-refractivity contribution is -0.111. The number of nitrogens with one attached hydrogen (secondary N) is 2. The highest BCUT2D eigenvalue weighted by atomic mass is 19.3. The van der Waals surface area contributed by atoms with E-state index < -0.39 is 5.92 Å². The van der Waals surface area contributed by atoms with Crippen LogP contribution >= 0.6 is 0 Å². The fraction of sp³-hybridized carbons (Fsp3) is 0.474. The molecule has 2 N–H and O–H groups in total. The van der Waals surface area contributed by atoms with Crippen molar-refractivity contribution in [2.75, 3.05) is 18.0 Å². The number of hydrogen-bond acceptors (Lipinski definition) is 6. The minimum Gasteiger partial charge on any atom is -0.360 e. The number of halogens is 2. The Morgan fingerprint density at radius 3 is 3.07 bits per heavy atom. The molecule has 10 heteroatoms. The van der Waals surface area contributed by atoms with Gasteiger partial charge in [0, 0.05) is 44.1 Å². The van der Waals surface area contributed by atoms with Crippen LogP contribution in [-0.4, -0.2) is 45.0 Å². The van der Waals surface area contributed by atoms with Crippen LogP contribution in [0.5, 0.6) is 0 Å². The van der Waals surface area contributed by atoms with Gasteiger partial charge in [-0.2, -0.15) is 0 Å². The first-order valence-corrected chi connectivity index (χ1v) is 9.67. The number of carbonyl (C=O) groups is 1. The van der Waals surface area contributed by atoms with Crippen LogP contribution in [0.25, 0.3) is 11.0 Å². The van der Waals surface area contributed by atoms with Gasteiger partial charge in [-0.3, -0.25) is 4.79 Å². The van der Waals surface area contributed by atoms with Gasteiger partial charge in [0.05, 0.1) is 11.9 Å². The van der Waals surface area contributed by atoms with Crippen molar-refractivity contribution in [1.29, 1.82) is 0 Å². The summed E-state index contributed by atoms with van der Waals surface area (Å²) >= 11 is 0. The van der Waals surface area contributed by atoms with Crippen molar-refractivity contribution < 1.29 is 18.1 Å². The minimum atomic E-state index is -2.53.